The molecule has 0 saturated carbocycles. The monoisotopic (exact) mass is 422 g/mol. The second-order valence-corrected chi connectivity index (χ2v) is 9.11. The van der Waals surface area contributed by atoms with Gasteiger partial charge in [-0.05, 0) is 55.6 Å². The summed E-state index contributed by atoms with van der Waals surface area (Å²) in [6.45, 7) is 1.07. The van der Waals surface area contributed by atoms with Crippen molar-refractivity contribution in [3.05, 3.63) is 60.2 Å². The highest BCUT2D eigenvalue weighted by Gasteiger charge is 2.27. The van der Waals surface area contributed by atoms with Crippen molar-refractivity contribution in [2.24, 2.45) is 0 Å². The second-order valence-electron chi connectivity index (χ2n) is 7.19. The Kier molecular flexibility index (Phi) is 6.97. The minimum absolute atomic E-state index is 0.213. The van der Waals surface area contributed by atoms with Crippen molar-refractivity contribution in [1.29, 1.82) is 0 Å². The van der Waals surface area contributed by atoms with Crippen LogP contribution in [0, 0.1) is 0 Å². The van der Waals surface area contributed by atoms with Gasteiger partial charge in [-0.2, -0.15) is 8.78 Å². The van der Waals surface area contributed by atoms with Crippen LogP contribution in [0.25, 0.3) is 0 Å². The van der Waals surface area contributed by atoms with E-state index >= 15 is 0 Å². The first-order valence-electron chi connectivity index (χ1n) is 9.56. The van der Waals surface area contributed by atoms with Gasteiger partial charge in [0.15, 0.2) is 0 Å². The molecule has 5 nitrogen and oxygen atoms in total. The van der Waals surface area contributed by atoms with Crippen LogP contribution in [0.3, 0.4) is 0 Å². The fraction of sp³-hybridized carbons (Fsp3) is 0.381. The van der Waals surface area contributed by atoms with Crippen LogP contribution >= 0.6 is 0 Å². The van der Waals surface area contributed by atoms with Crippen LogP contribution in [0.4, 0.5) is 14.5 Å². The average molecular weight is 422 g/mol. The molecular weight excluding hydrogens is 398 g/mol. The summed E-state index contributed by atoms with van der Waals surface area (Å²) in [6.07, 6.45) is 4.09. The molecule has 2 aromatic carbocycles. The molecule has 3 rings (SSSR count). The van der Waals surface area contributed by atoms with E-state index in [-0.39, 0.29) is 18.5 Å². The molecule has 1 heterocycles. The van der Waals surface area contributed by atoms with Gasteiger partial charge in [0.05, 0.1) is 11.4 Å². The zero-order chi connectivity index (χ0) is 20.9. The molecule has 1 aliphatic heterocycles. The number of carbonyl (C=O) groups excluding carboxylic acids is 1. The summed E-state index contributed by atoms with van der Waals surface area (Å²) in [5.74, 6) is -3.68. The van der Waals surface area contributed by atoms with E-state index in [1.165, 1.54) is 17.7 Å². The maximum Gasteiger partial charge on any atom is 0.341 e. The first-order valence-corrected chi connectivity index (χ1v) is 11.1. The van der Waals surface area contributed by atoms with Gasteiger partial charge < -0.3 is 5.32 Å². The van der Waals surface area contributed by atoms with Gasteiger partial charge >= 0.3 is 5.76 Å². The number of hydrogen-bond donors (Lipinski definition) is 1. The van der Waals surface area contributed by atoms with Crippen molar-refractivity contribution >= 4 is 21.4 Å². The molecule has 1 fully saturated rings. The van der Waals surface area contributed by atoms with E-state index in [4.69, 9.17) is 0 Å². The van der Waals surface area contributed by atoms with E-state index in [2.05, 4.69) is 22.3 Å². The van der Waals surface area contributed by atoms with Crippen LogP contribution in [0.15, 0.2) is 59.5 Å². The number of hydrogen-bond acceptors (Lipinski definition) is 4. The third-order valence-electron chi connectivity index (χ3n) is 5.11. The zero-order valence-corrected chi connectivity index (χ0v) is 16.7. The SMILES string of the molecule is O=C(CN1CCCCC1Cc1ccccc1)Nc1ccc(S(=O)(=O)C(F)F)cc1. The molecule has 0 radical (unpaired) electrons. The standard InChI is InChI=1S/C21H24F2N2O3S/c22-21(23)29(27,28)19-11-9-17(10-12-19)24-20(26)15-25-13-5-4-8-18(25)14-16-6-2-1-3-7-16/h1-3,6-7,9-12,18,21H,4-5,8,13-15H2,(H,24,26). The quantitative estimate of drug-likeness (QED) is 0.739. The summed E-state index contributed by atoms with van der Waals surface area (Å²) in [7, 11) is -4.64. The molecule has 0 spiro atoms. The molecule has 0 aliphatic carbocycles. The van der Waals surface area contributed by atoms with E-state index in [0.29, 0.717) is 5.69 Å². The number of sulfone groups is 1. The van der Waals surface area contributed by atoms with Crippen molar-refractivity contribution in [1.82, 2.24) is 4.90 Å². The Morgan fingerprint density at radius 3 is 2.41 bits per heavy atom. The average Bonchev–Trinajstić information content (AvgIpc) is 2.70. The van der Waals surface area contributed by atoms with Crippen LogP contribution in [0.1, 0.15) is 24.8 Å². The van der Waals surface area contributed by atoms with Crippen LogP contribution in [-0.4, -0.2) is 44.1 Å². The van der Waals surface area contributed by atoms with Crippen molar-refractivity contribution in [3.63, 3.8) is 0 Å². The Balaban J connectivity index is 1.60. The number of alkyl halides is 2. The van der Waals surface area contributed by atoms with Gasteiger partial charge in [-0.1, -0.05) is 36.8 Å². The van der Waals surface area contributed by atoms with E-state index in [1.54, 1.807) is 0 Å². The lowest BCUT2D eigenvalue weighted by molar-refractivity contribution is -0.118. The van der Waals surface area contributed by atoms with Crippen LogP contribution in [-0.2, 0) is 21.1 Å². The lowest BCUT2D eigenvalue weighted by Gasteiger charge is -2.35. The first kappa shape index (κ1) is 21.4. The van der Waals surface area contributed by atoms with Crippen LogP contribution in [0.2, 0.25) is 0 Å². The smallest absolute Gasteiger partial charge is 0.325 e. The number of amides is 1. The topological polar surface area (TPSA) is 66.5 Å². The van der Waals surface area contributed by atoms with Crippen LogP contribution in [0.5, 0.6) is 0 Å². The Labute approximate surface area is 169 Å². The number of anilines is 1. The normalized spacial score (nSPS) is 18.0. The molecule has 1 unspecified atom stereocenters. The van der Waals surface area contributed by atoms with E-state index in [1.807, 2.05) is 18.2 Å². The first-order chi connectivity index (χ1) is 13.9. The van der Waals surface area contributed by atoms with Gasteiger partial charge in [0, 0.05) is 11.7 Å². The molecule has 8 heteroatoms. The van der Waals surface area contributed by atoms with E-state index in [0.717, 1.165) is 44.4 Å². The maximum atomic E-state index is 12.6. The second kappa shape index (κ2) is 9.45. The molecule has 0 bridgehead atoms. The molecule has 1 saturated heterocycles. The summed E-state index contributed by atoms with van der Waals surface area (Å²) in [5, 5.41) is 2.72. The predicted molar refractivity (Wildman–Crippen MR) is 108 cm³/mol. The highest BCUT2D eigenvalue weighted by atomic mass is 32.2. The number of nitrogens with one attached hydrogen (secondary N) is 1. The molecule has 1 amide bonds. The fourth-order valence-electron chi connectivity index (χ4n) is 3.60. The minimum Gasteiger partial charge on any atom is -0.325 e. The predicted octanol–water partition coefficient (Wildman–Crippen LogP) is 3.72. The number of nitrogens with zero attached hydrogens (tertiary/aromatic N) is 1. The number of piperidine rings is 1. The van der Waals surface area contributed by atoms with Gasteiger partial charge in [-0.25, -0.2) is 8.42 Å². The lowest BCUT2D eigenvalue weighted by atomic mass is 9.95. The van der Waals surface area contributed by atoms with Crippen LogP contribution < -0.4 is 5.32 Å². The van der Waals surface area contributed by atoms with Crippen molar-refractivity contribution in [2.45, 2.75) is 42.4 Å². The zero-order valence-electron chi connectivity index (χ0n) is 15.9. The largest absolute Gasteiger partial charge is 0.341 e. The van der Waals surface area contributed by atoms with Crippen molar-refractivity contribution in [3.8, 4) is 0 Å². The summed E-state index contributed by atoms with van der Waals surface area (Å²) < 4.78 is 48.1. The Morgan fingerprint density at radius 2 is 1.76 bits per heavy atom. The summed E-state index contributed by atoms with van der Waals surface area (Å²) in [4.78, 5) is 14.2. The van der Waals surface area contributed by atoms with Gasteiger partial charge in [-0.3, -0.25) is 9.69 Å². The lowest BCUT2D eigenvalue weighted by Crippen LogP contribution is -2.45. The number of rotatable bonds is 7. The highest BCUT2D eigenvalue weighted by Crippen LogP contribution is 2.22. The third kappa shape index (κ3) is 5.61. The highest BCUT2D eigenvalue weighted by molar-refractivity contribution is 7.91. The fourth-order valence-corrected chi connectivity index (χ4v) is 4.32. The molecule has 29 heavy (non-hydrogen) atoms. The van der Waals surface area contributed by atoms with Gasteiger partial charge in [0.2, 0.25) is 15.7 Å². The molecular formula is C21H24F2N2O3S. The number of halogens is 2. The summed E-state index contributed by atoms with van der Waals surface area (Å²) >= 11 is 0. The molecule has 1 N–H and O–H groups in total. The third-order valence-corrected chi connectivity index (χ3v) is 6.51. The summed E-state index contributed by atoms with van der Waals surface area (Å²) in [6, 6.07) is 15.3. The van der Waals surface area contributed by atoms with Gasteiger partial charge in [0.25, 0.3) is 0 Å². The molecule has 1 aliphatic rings. The number of likely N-dealkylation sites (tertiary alicyclic amines) is 1. The minimum atomic E-state index is -4.64. The van der Waals surface area contributed by atoms with E-state index < -0.39 is 20.5 Å². The van der Waals surface area contributed by atoms with Gasteiger partial charge in [-0.15, -0.1) is 0 Å². The molecule has 156 valence electrons. The Hall–Kier alpha value is -2.32. The molecule has 2 aromatic rings. The molecule has 0 aromatic heterocycles. The maximum absolute atomic E-state index is 12.6. The summed E-state index contributed by atoms with van der Waals surface area (Å²) in [5.41, 5.74) is 1.61. The van der Waals surface area contributed by atoms with Gasteiger partial charge in [0.1, 0.15) is 0 Å². The Morgan fingerprint density at radius 1 is 1.07 bits per heavy atom. The number of carbonyl (C=O) groups is 1. The van der Waals surface area contributed by atoms with E-state index in [9.17, 15) is 22.0 Å². The van der Waals surface area contributed by atoms with Crippen molar-refractivity contribution < 1.29 is 22.0 Å². The Bertz CT molecular complexity index is 919. The molecule has 1 atom stereocenters. The number of benzene rings is 2. The van der Waals surface area contributed by atoms with Crippen molar-refractivity contribution in [2.75, 3.05) is 18.4 Å².